The summed E-state index contributed by atoms with van der Waals surface area (Å²) < 4.78 is 0. The molecule has 1 saturated heterocycles. The van der Waals surface area contributed by atoms with Crippen LogP contribution in [0.1, 0.15) is 59.3 Å². The molecule has 0 spiro atoms. The van der Waals surface area contributed by atoms with E-state index >= 15 is 0 Å². The van der Waals surface area contributed by atoms with Gasteiger partial charge in [-0.25, -0.2) is 0 Å². The zero-order chi connectivity index (χ0) is 13.8. The summed E-state index contributed by atoms with van der Waals surface area (Å²) in [5, 5.41) is 3.42. The lowest BCUT2D eigenvalue weighted by molar-refractivity contribution is -0.139. The Balaban J connectivity index is 1.98. The summed E-state index contributed by atoms with van der Waals surface area (Å²) in [5.41, 5.74) is 0. The number of hydrogen-bond donors (Lipinski definition) is 1. The monoisotopic (exact) mass is 266 g/mol. The summed E-state index contributed by atoms with van der Waals surface area (Å²) in [6, 6.07) is 0.588. The molecule has 0 aromatic rings. The fourth-order valence-electron chi connectivity index (χ4n) is 3.98. The van der Waals surface area contributed by atoms with Crippen molar-refractivity contribution in [2.45, 2.75) is 71.4 Å². The van der Waals surface area contributed by atoms with Crippen molar-refractivity contribution in [3.05, 3.63) is 0 Å². The number of piperidine rings is 1. The highest BCUT2D eigenvalue weighted by Crippen LogP contribution is 2.38. The number of hydrogen-bond acceptors (Lipinski definition) is 2. The van der Waals surface area contributed by atoms with E-state index < -0.39 is 0 Å². The van der Waals surface area contributed by atoms with E-state index in [-0.39, 0.29) is 6.04 Å². The lowest BCUT2D eigenvalue weighted by Gasteiger charge is -2.39. The first-order valence-corrected chi connectivity index (χ1v) is 8.22. The maximum atomic E-state index is 12.6. The van der Waals surface area contributed by atoms with Gasteiger partial charge in [-0.3, -0.25) is 4.79 Å². The highest BCUT2D eigenvalue weighted by molar-refractivity contribution is 5.83. The molecule has 1 N–H and O–H groups in total. The molecule has 3 heteroatoms. The maximum absolute atomic E-state index is 12.6. The van der Waals surface area contributed by atoms with Crippen LogP contribution in [-0.4, -0.2) is 36.0 Å². The molecule has 2 rings (SSSR count). The van der Waals surface area contributed by atoms with Gasteiger partial charge in [-0.2, -0.15) is 0 Å². The van der Waals surface area contributed by atoms with Crippen LogP contribution in [0, 0.1) is 11.8 Å². The number of carbonyl (C=O) groups excluding carboxylic acids is 1. The minimum atomic E-state index is 0.0848. The normalized spacial score (nSPS) is 35.9. The zero-order valence-corrected chi connectivity index (χ0v) is 12.8. The van der Waals surface area contributed by atoms with Gasteiger partial charge in [0.15, 0.2) is 0 Å². The van der Waals surface area contributed by atoms with Gasteiger partial charge in [-0.15, -0.1) is 0 Å². The van der Waals surface area contributed by atoms with E-state index in [0.29, 0.717) is 17.9 Å². The van der Waals surface area contributed by atoms with Gasteiger partial charge >= 0.3 is 0 Å². The third kappa shape index (κ3) is 3.13. The second-order valence-corrected chi connectivity index (χ2v) is 6.35. The van der Waals surface area contributed by atoms with Crippen LogP contribution in [0.4, 0.5) is 0 Å². The number of carbonyl (C=O) groups is 1. The summed E-state index contributed by atoms with van der Waals surface area (Å²) in [7, 11) is 0. The van der Waals surface area contributed by atoms with Crippen LogP contribution in [-0.2, 0) is 4.79 Å². The average Bonchev–Trinajstić information content (AvgIpc) is 2.79. The summed E-state index contributed by atoms with van der Waals surface area (Å²) >= 11 is 0. The Kier molecular flexibility index (Phi) is 5.26. The molecule has 4 atom stereocenters. The van der Waals surface area contributed by atoms with Crippen LogP contribution < -0.4 is 5.32 Å². The number of nitrogens with one attached hydrogen (secondary N) is 1. The van der Waals surface area contributed by atoms with E-state index in [4.69, 9.17) is 0 Å². The molecule has 4 unspecified atom stereocenters. The van der Waals surface area contributed by atoms with Gasteiger partial charge in [0.05, 0.1) is 6.04 Å². The van der Waals surface area contributed by atoms with E-state index in [1.807, 2.05) is 0 Å². The SMILES string of the molecule is CCCNC1CCCN(C2CCC(CC)C2C)C1=O. The summed E-state index contributed by atoms with van der Waals surface area (Å²) in [6.45, 7) is 8.73. The fraction of sp³-hybridized carbons (Fsp3) is 0.938. The molecule has 3 nitrogen and oxygen atoms in total. The minimum Gasteiger partial charge on any atom is -0.338 e. The van der Waals surface area contributed by atoms with Gasteiger partial charge < -0.3 is 10.2 Å². The third-order valence-corrected chi connectivity index (χ3v) is 5.22. The van der Waals surface area contributed by atoms with E-state index in [9.17, 15) is 4.79 Å². The van der Waals surface area contributed by atoms with Crippen LogP contribution in [0.5, 0.6) is 0 Å². The van der Waals surface area contributed by atoms with E-state index in [1.165, 1.54) is 19.3 Å². The van der Waals surface area contributed by atoms with Crippen molar-refractivity contribution in [1.82, 2.24) is 10.2 Å². The van der Waals surface area contributed by atoms with Gasteiger partial charge in [0.1, 0.15) is 0 Å². The Morgan fingerprint density at radius 1 is 1.26 bits per heavy atom. The summed E-state index contributed by atoms with van der Waals surface area (Å²) in [4.78, 5) is 14.8. The first kappa shape index (κ1) is 14.8. The van der Waals surface area contributed by atoms with E-state index in [2.05, 4.69) is 31.0 Å². The smallest absolute Gasteiger partial charge is 0.239 e. The molecule has 1 heterocycles. The van der Waals surface area contributed by atoms with Crippen LogP contribution in [0.15, 0.2) is 0 Å². The molecular formula is C16H30N2O. The summed E-state index contributed by atoms with van der Waals surface area (Å²) in [6.07, 6.45) is 7.06. The van der Waals surface area contributed by atoms with Crippen molar-refractivity contribution in [3.8, 4) is 0 Å². The molecule has 2 aliphatic rings. The van der Waals surface area contributed by atoms with Crippen LogP contribution in [0.25, 0.3) is 0 Å². The highest BCUT2D eigenvalue weighted by Gasteiger charge is 2.40. The Morgan fingerprint density at radius 2 is 2.05 bits per heavy atom. The number of likely N-dealkylation sites (tertiary alicyclic amines) is 1. The molecule has 0 bridgehead atoms. The van der Waals surface area contributed by atoms with Gasteiger partial charge in [0.2, 0.25) is 5.91 Å². The van der Waals surface area contributed by atoms with Crippen molar-refractivity contribution >= 4 is 5.91 Å². The molecule has 1 amide bonds. The molecule has 1 aliphatic heterocycles. The second-order valence-electron chi connectivity index (χ2n) is 6.35. The predicted molar refractivity (Wildman–Crippen MR) is 79.0 cm³/mol. The molecule has 110 valence electrons. The zero-order valence-electron chi connectivity index (χ0n) is 12.8. The Bertz CT molecular complexity index is 305. The Hall–Kier alpha value is -0.570. The largest absolute Gasteiger partial charge is 0.338 e. The number of rotatable bonds is 5. The van der Waals surface area contributed by atoms with Crippen molar-refractivity contribution in [2.75, 3.05) is 13.1 Å². The van der Waals surface area contributed by atoms with Gasteiger partial charge in [-0.1, -0.05) is 27.2 Å². The van der Waals surface area contributed by atoms with Crippen LogP contribution in [0.2, 0.25) is 0 Å². The average molecular weight is 266 g/mol. The first-order valence-electron chi connectivity index (χ1n) is 8.22. The van der Waals surface area contributed by atoms with Gasteiger partial charge in [0, 0.05) is 12.6 Å². The van der Waals surface area contributed by atoms with Crippen molar-refractivity contribution in [3.63, 3.8) is 0 Å². The quantitative estimate of drug-likeness (QED) is 0.830. The highest BCUT2D eigenvalue weighted by atomic mass is 16.2. The lowest BCUT2D eigenvalue weighted by atomic mass is 9.91. The molecule has 0 aromatic heterocycles. The topological polar surface area (TPSA) is 32.3 Å². The Labute approximate surface area is 118 Å². The Morgan fingerprint density at radius 3 is 2.68 bits per heavy atom. The van der Waals surface area contributed by atoms with Crippen molar-refractivity contribution in [1.29, 1.82) is 0 Å². The summed E-state index contributed by atoms with van der Waals surface area (Å²) in [5.74, 6) is 1.87. The molecule has 1 saturated carbocycles. The van der Waals surface area contributed by atoms with E-state index in [0.717, 1.165) is 38.3 Å². The van der Waals surface area contributed by atoms with Crippen LogP contribution in [0.3, 0.4) is 0 Å². The molecule has 19 heavy (non-hydrogen) atoms. The first-order chi connectivity index (χ1) is 9.19. The molecule has 0 radical (unpaired) electrons. The van der Waals surface area contributed by atoms with Gasteiger partial charge in [0.25, 0.3) is 0 Å². The predicted octanol–water partition coefficient (Wildman–Crippen LogP) is 2.80. The standard InChI is InChI=1S/C16H30N2O/c1-4-10-17-14-7-6-11-18(16(14)19)15-9-8-13(5-2)12(15)3/h12-15,17H,4-11H2,1-3H3. The molecular weight excluding hydrogens is 236 g/mol. The maximum Gasteiger partial charge on any atom is 0.239 e. The van der Waals surface area contributed by atoms with Crippen molar-refractivity contribution < 1.29 is 4.79 Å². The lowest BCUT2D eigenvalue weighted by Crippen LogP contribution is -2.55. The molecule has 0 aromatic carbocycles. The minimum absolute atomic E-state index is 0.0848. The molecule has 2 fully saturated rings. The van der Waals surface area contributed by atoms with Crippen LogP contribution >= 0.6 is 0 Å². The van der Waals surface area contributed by atoms with E-state index in [1.54, 1.807) is 0 Å². The fourth-order valence-corrected chi connectivity index (χ4v) is 3.98. The van der Waals surface area contributed by atoms with Gasteiger partial charge in [-0.05, 0) is 50.5 Å². The second kappa shape index (κ2) is 6.74. The number of nitrogens with zero attached hydrogens (tertiary/aromatic N) is 1. The molecule has 1 aliphatic carbocycles. The third-order valence-electron chi connectivity index (χ3n) is 5.22. The van der Waals surface area contributed by atoms with Crippen molar-refractivity contribution in [2.24, 2.45) is 11.8 Å². The number of amides is 1.